The number of rotatable bonds is 5. The van der Waals surface area contributed by atoms with Crippen LogP contribution in [-0.4, -0.2) is 31.1 Å². The normalized spacial score (nSPS) is 10.8. The molecule has 2 heterocycles. The fraction of sp³-hybridized carbons (Fsp3) is 0.0556. The van der Waals surface area contributed by atoms with Gasteiger partial charge in [0.05, 0.1) is 10.4 Å². The zero-order chi connectivity index (χ0) is 22.0. The summed E-state index contributed by atoms with van der Waals surface area (Å²) in [5.41, 5.74) is 1.96. The molecule has 0 aliphatic carbocycles. The molecule has 0 fully saturated rings. The van der Waals surface area contributed by atoms with Gasteiger partial charge in [-0.3, -0.25) is 15.4 Å². The highest BCUT2D eigenvalue weighted by Gasteiger charge is 2.15. The van der Waals surface area contributed by atoms with E-state index < -0.39 is 11.0 Å². The molecule has 13 heteroatoms. The molecule has 0 aliphatic rings. The van der Waals surface area contributed by atoms with Gasteiger partial charge in [-0.2, -0.15) is 0 Å². The minimum absolute atomic E-state index is 0.0587. The van der Waals surface area contributed by atoms with Crippen LogP contribution in [0.15, 0.2) is 52.1 Å². The molecule has 4 aromatic rings. The Balaban J connectivity index is 1.48. The Bertz CT molecular complexity index is 1310. The van der Waals surface area contributed by atoms with Crippen molar-refractivity contribution in [1.82, 2.24) is 20.2 Å². The van der Waals surface area contributed by atoms with Gasteiger partial charge in [-0.1, -0.05) is 29.0 Å². The largest absolute Gasteiger partial charge is 0.325 e. The van der Waals surface area contributed by atoms with Gasteiger partial charge in [0.15, 0.2) is 4.34 Å². The highest BCUT2D eigenvalue weighted by molar-refractivity contribution is 8.01. The number of hydrogen-bond donors (Lipinski definition) is 2. The number of nitro benzene ring substituents is 1. The summed E-state index contributed by atoms with van der Waals surface area (Å²) in [4.78, 5) is 31.1. The van der Waals surface area contributed by atoms with Crippen LogP contribution in [0.2, 0.25) is 5.02 Å². The van der Waals surface area contributed by atoms with Crippen molar-refractivity contribution in [3.63, 3.8) is 0 Å². The molecule has 31 heavy (non-hydrogen) atoms. The summed E-state index contributed by atoms with van der Waals surface area (Å²) in [5.74, 6) is 0. The lowest BCUT2D eigenvalue weighted by atomic mass is 10.2. The number of non-ortho nitro benzene ring substituents is 1. The van der Waals surface area contributed by atoms with Crippen molar-refractivity contribution < 1.29 is 9.72 Å². The maximum Gasteiger partial charge on any atom is 0.325 e. The van der Waals surface area contributed by atoms with Crippen LogP contribution in [0.5, 0.6) is 0 Å². The van der Waals surface area contributed by atoms with Crippen molar-refractivity contribution in [3.8, 4) is 0 Å². The third-order valence-corrected chi connectivity index (χ3v) is 6.35. The fourth-order valence-corrected chi connectivity index (χ4v) is 4.44. The Morgan fingerprint density at radius 3 is 2.77 bits per heavy atom. The molecule has 2 aromatic carbocycles. The summed E-state index contributed by atoms with van der Waals surface area (Å²) in [7, 11) is 0. The first-order valence-corrected chi connectivity index (χ1v) is 10.6. The Morgan fingerprint density at radius 1 is 1.16 bits per heavy atom. The maximum absolute atomic E-state index is 12.2. The van der Waals surface area contributed by atoms with E-state index in [4.69, 9.17) is 11.6 Å². The standard InChI is InChI=1S/C18H12ClN7O3S2/c1-9-2-3-10(6-13(9)19)22-16(27)23-17-24-25-18(31-17)30-15-12-7-11(26(28)29)4-5-14(12)20-8-21-15/h2-8H,1H3,(H2,22,23,24,27). The third kappa shape index (κ3) is 4.87. The first kappa shape index (κ1) is 20.9. The molecular formula is C18H12ClN7O3S2. The molecule has 156 valence electrons. The van der Waals surface area contributed by atoms with Crippen molar-refractivity contribution in [2.45, 2.75) is 16.3 Å². The number of carbonyl (C=O) groups excluding carboxylic acids is 1. The van der Waals surface area contributed by atoms with E-state index in [1.165, 1.54) is 30.2 Å². The second-order valence-electron chi connectivity index (χ2n) is 6.16. The second-order valence-corrected chi connectivity index (χ2v) is 8.78. The van der Waals surface area contributed by atoms with Crippen LogP contribution in [0.25, 0.3) is 10.9 Å². The smallest absolute Gasteiger partial charge is 0.308 e. The lowest BCUT2D eigenvalue weighted by molar-refractivity contribution is -0.384. The number of nitrogens with one attached hydrogen (secondary N) is 2. The van der Waals surface area contributed by atoms with E-state index in [1.54, 1.807) is 24.3 Å². The second kappa shape index (κ2) is 8.79. The molecule has 2 N–H and O–H groups in total. The van der Waals surface area contributed by atoms with Gasteiger partial charge in [0.2, 0.25) is 5.13 Å². The zero-order valence-electron chi connectivity index (χ0n) is 15.7. The zero-order valence-corrected chi connectivity index (χ0v) is 18.1. The van der Waals surface area contributed by atoms with Gasteiger partial charge in [-0.05, 0) is 42.4 Å². The van der Waals surface area contributed by atoms with Crippen LogP contribution in [0.1, 0.15) is 5.56 Å². The molecule has 0 radical (unpaired) electrons. The predicted molar refractivity (Wildman–Crippen MR) is 119 cm³/mol. The molecule has 0 bridgehead atoms. The highest BCUT2D eigenvalue weighted by Crippen LogP contribution is 2.35. The Hall–Kier alpha value is -3.35. The van der Waals surface area contributed by atoms with E-state index in [1.807, 2.05) is 6.92 Å². The number of nitrogens with zero attached hydrogens (tertiary/aromatic N) is 5. The van der Waals surface area contributed by atoms with E-state index in [2.05, 4.69) is 30.8 Å². The lowest BCUT2D eigenvalue weighted by Crippen LogP contribution is -2.19. The number of fused-ring (bicyclic) bond motifs is 1. The summed E-state index contributed by atoms with van der Waals surface area (Å²) in [6.07, 6.45) is 1.37. The molecule has 0 saturated heterocycles. The Morgan fingerprint density at radius 2 is 2.00 bits per heavy atom. The number of hydrogen-bond acceptors (Lipinski definition) is 9. The van der Waals surface area contributed by atoms with Gasteiger partial charge >= 0.3 is 6.03 Å². The minimum Gasteiger partial charge on any atom is -0.308 e. The molecule has 10 nitrogen and oxygen atoms in total. The van der Waals surface area contributed by atoms with Crippen molar-refractivity contribution in [2.24, 2.45) is 0 Å². The quantitative estimate of drug-likeness (QED) is 0.176. The fourth-order valence-electron chi connectivity index (χ4n) is 2.53. The first-order valence-electron chi connectivity index (χ1n) is 8.64. The van der Waals surface area contributed by atoms with E-state index in [0.717, 1.165) is 16.9 Å². The predicted octanol–water partition coefficient (Wildman–Crippen LogP) is 5.15. The molecular weight excluding hydrogens is 462 g/mol. The van der Waals surface area contributed by atoms with Crippen molar-refractivity contribution in [2.75, 3.05) is 10.6 Å². The van der Waals surface area contributed by atoms with Gasteiger partial charge in [0.25, 0.3) is 5.69 Å². The van der Waals surface area contributed by atoms with E-state index >= 15 is 0 Å². The summed E-state index contributed by atoms with van der Waals surface area (Å²) < 4.78 is 0.500. The van der Waals surface area contributed by atoms with Gasteiger partial charge in [-0.15, -0.1) is 10.2 Å². The highest BCUT2D eigenvalue weighted by atomic mass is 35.5. The molecule has 0 spiro atoms. The van der Waals surface area contributed by atoms with Crippen LogP contribution >= 0.6 is 34.7 Å². The number of carbonyl (C=O) groups is 1. The van der Waals surface area contributed by atoms with Crippen molar-refractivity contribution in [1.29, 1.82) is 0 Å². The number of halogens is 1. The van der Waals surface area contributed by atoms with Crippen LogP contribution in [0.4, 0.5) is 21.3 Å². The van der Waals surface area contributed by atoms with Crippen LogP contribution in [0, 0.1) is 17.0 Å². The number of nitro groups is 1. The van der Waals surface area contributed by atoms with Gasteiger partial charge in [0, 0.05) is 28.2 Å². The third-order valence-electron chi connectivity index (χ3n) is 4.03. The van der Waals surface area contributed by atoms with Crippen molar-refractivity contribution in [3.05, 3.63) is 63.4 Å². The summed E-state index contributed by atoms with van der Waals surface area (Å²) in [6, 6.07) is 9.06. The first-order chi connectivity index (χ1) is 14.9. The van der Waals surface area contributed by atoms with Crippen LogP contribution < -0.4 is 10.6 Å². The average Bonchev–Trinajstić information content (AvgIpc) is 3.17. The molecule has 0 atom stereocenters. The number of amides is 2. The SMILES string of the molecule is Cc1ccc(NC(=O)Nc2nnc(Sc3ncnc4ccc([N+](=O)[O-])cc34)s2)cc1Cl. The Labute approximate surface area is 188 Å². The Kier molecular flexibility index (Phi) is 5.93. The molecule has 2 amide bonds. The number of anilines is 2. The van der Waals surface area contributed by atoms with Crippen molar-refractivity contribution >= 4 is 68.1 Å². The molecule has 0 aliphatic heterocycles. The van der Waals surface area contributed by atoms with Crippen LogP contribution in [-0.2, 0) is 0 Å². The molecule has 0 unspecified atom stereocenters. The summed E-state index contributed by atoms with van der Waals surface area (Å²) >= 11 is 8.38. The van der Waals surface area contributed by atoms with E-state index in [0.29, 0.717) is 31.0 Å². The topological polar surface area (TPSA) is 136 Å². The number of aryl methyl sites for hydroxylation is 1. The van der Waals surface area contributed by atoms with Gasteiger partial charge in [0.1, 0.15) is 11.4 Å². The van der Waals surface area contributed by atoms with Gasteiger partial charge < -0.3 is 5.32 Å². The number of aromatic nitrogens is 4. The lowest BCUT2D eigenvalue weighted by Gasteiger charge is -2.06. The number of benzene rings is 2. The monoisotopic (exact) mass is 473 g/mol. The minimum atomic E-state index is -0.490. The molecule has 0 saturated carbocycles. The molecule has 4 rings (SSSR count). The van der Waals surface area contributed by atoms with Crippen LogP contribution in [0.3, 0.4) is 0 Å². The molecule has 2 aromatic heterocycles. The summed E-state index contributed by atoms with van der Waals surface area (Å²) in [5, 5.41) is 26.2. The van der Waals surface area contributed by atoms with Gasteiger partial charge in [-0.25, -0.2) is 14.8 Å². The van der Waals surface area contributed by atoms with E-state index in [9.17, 15) is 14.9 Å². The van der Waals surface area contributed by atoms with E-state index in [-0.39, 0.29) is 10.8 Å². The maximum atomic E-state index is 12.2. The number of urea groups is 1. The average molecular weight is 474 g/mol. The summed E-state index contributed by atoms with van der Waals surface area (Å²) in [6.45, 7) is 1.87.